The molecule has 0 aromatic heterocycles. The van der Waals surface area contributed by atoms with E-state index >= 15 is 0 Å². The zero-order valence-electron chi connectivity index (χ0n) is 9.28. The zero-order chi connectivity index (χ0) is 12.2. The van der Waals surface area contributed by atoms with Crippen molar-refractivity contribution in [1.29, 1.82) is 0 Å². The predicted octanol–water partition coefficient (Wildman–Crippen LogP) is -1.50. The summed E-state index contributed by atoms with van der Waals surface area (Å²) in [6.07, 6.45) is 0.360. The number of rotatable bonds is 3. The van der Waals surface area contributed by atoms with Crippen LogP contribution in [0.3, 0.4) is 0 Å². The number of likely N-dealkylation sites (tertiary alicyclic amines) is 1. The number of ether oxygens (including phenoxy) is 1. The van der Waals surface area contributed by atoms with Crippen LogP contribution in [-0.2, 0) is 14.3 Å². The van der Waals surface area contributed by atoms with Gasteiger partial charge in [-0.15, -0.1) is 0 Å². The standard InChI is InChI=1S/C11H15NO5/c13-4-5(14)3-12-10(15)8-6-1-2-7(17-6)9(8)11(12)16/h5-9,13-14H,1-4H2/t5?,6-,7+,8+,9-. The molecule has 3 saturated heterocycles. The lowest BCUT2D eigenvalue weighted by atomic mass is 9.81. The molecule has 3 fully saturated rings. The van der Waals surface area contributed by atoms with Gasteiger partial charge in [0.25, 0.3) is 0 Å². The molecule has 3 heterocycles. The van der Waals surface area contributed by atoms with Crippen LogP contribution < -0.4 is 0 Å². The van der Waals surface area contributed by atoms with Gasteiger partial charge in [0.2, 0.25) is 11.8 Å². The van der Waals surface area contributed by atoms with Crippen molar-refractivity contribution < 1.29 is 24.5 Å². The fraction of sp³-hybridized carbons (Fsp3) is 0.818. The van der Waals surface area contributed by atoms with Crippen molar-refractivity contribution in [3.8, 4) is 0 Å². The number of fused-ring (bicyclic) bond motifs is 5. The second kappa shape index (κ2) is 3.76. The molecule has 3 rings (SSSR count). The molecule has 0 aliphatic carbocycles. The minimum absolute atomic E-state index is 0.111. The third-order valence-electron chi connectivity index (χ3n) is 3.98. The van der Waals surface area contributed by atoms with E-state index in [0.29, 0.717) is 0 Å². The summed E-state index contributed by atoms with van der Waals surface area (Å²) in [5, 5.41) is 18.1. The number of nitrogens with zero attached hydrogens (tertiary/aromatic N) is 1. The number of aliphatic hydroxyl groups excluding tert-OH is 2. The van der Waals surface area contributed by atoms with Crippen molar-refractivity contribution in [3.63, 3.8) is 0 Å². The summed E-state index contributed by atoms with van der Waals surface area (Å²) in [5.41, 5.74) is 0. The van der Waals surface area contributed by atoms with Gasteiger partial charge in [0.1, 0.15) is 0 Å². The molecule has 2 amide bonds. The van der Waals surface area contributed by atoms with Gasteiger partial charge in [-0.25, -0.2) is 0 Å². The van der Waals surface area contributed by atoms with Crippen molar-refractivity contribution in [3.05, 3.63) is 0 Å². The van der Waals surface area contributed by atoms with Crippen LogP contribution in [0.15, 0.2) is 0 Å². The van der Waals surface area contributed by atoms with E-state index in [9.17, 15) is 14.7 Å². The first kappa shape index (κ1) is 11.1. The Morgan fingerprint density at radius 2 is 1.76 bits per heavy atom. The molecule has 2 bridgehead atoms. The quantitative estimate of drug-likeness (QED) is 0.587. The number of β-amino-alcohol motifs (C(OH)–C–C–N with tert-alkyl or cyclic N) is 1. The van der Waals surface area contributed by atoms with Crippen LogP contribution in [0.25, 0.3) is 0 Å². The van der Waals surface area contributed by atoms with E-state index < -0.39 is 12.7 Å². The first-order chi connectivity index (χ1) is 8.13. The number of imide groups is 1. The molecular weight excluding hydrogens is 226 g/mol. The van der Waals surface area contributed by atoms with Gasteiger partial charge in [-0.2, -0.15) is 0 Å². The van der Waals surface area contributed by atoms with Crippen LogP contribution in [0.2, 0.25) is 0 Å². The van der Waals surface area contributed by atoms with Gasteiger partial charge in [0, 0.05) is 0 Å². The van der Waals surface area contributed by atoms with Gasteiger partial charge in [-0.1, -0.05) is 0 Å². The Bertz CT molecular complexity index is 343. The molecule has 0 saturated carbocycles. The van der Waals surface area contributed by atoms with Gasteiger partial charge in [0.15, 0.2) is 0 Å². The number of carbonyl (C=O) groups is 2. The zero-order valence-corrected chi connectivity index (χ0v) is 9.28. The fourth-order valence-corrected chi connectivity index (χ4v) is 3.22. The smallest absolute Gasteiger partial charge is 0.235 e. The average Bonchev–Trinajstić information content (AvgIpc) is 2.98. The third kappa shape index (κ3) is 1.44. The Kier molecular flexibility index (Phi) is 2.46. The molecule has 3 aliphatic heterocycles. The summed E-state index contributed by atoms with van der Waals surface area (Å²) in [7, 11) is 0. The summed E-state index contributed by atoms with van der Waals surface area (Å²) >= 11 is 0. The highest BCUT2D eigenvalue weighted by molar-refractivity contribution is 6.06. The van der Waals surface area contributed by atoms with Gasteiger partial charge in [-0.05, 0) is 12.8 Å². The predicted molar refractivity (Wildman–Crippen MR) is 54.7 cm³/mol. The summed E-state index contributed by atoms with van der Waals surface area (Å²) in [6.45, 7) is -0.559. The molecule has 5 atom stereocenters. The van der Waals surface area contributed by atoms with Crippen LogP contribution >= 0.6 is 0 Å². The van der Waals surface area contributed by atoms with Crippen LogP contribution in [0.1, 0.15) is 12.8 Å². The maximum absolute atomic E-state index is 12.1. The lowest BCUT2D eigenvalue weighted by Gasteiger charge is -2.19. The van der Waals surface area contributed by atoms with E-state index in [4.69, 9.17) is 9.84 Å². The molecule has 17 heavy (non-hydrogen) atoms. The van der Waals surface area contributed by atoms with Crippen molar-refractivity contribution in [2.45, 2.75) is 31.2 Å². The average molecular weight is 241 g/mol. The molecule has 0 spiro atoms. The lowest BCUT2D eigenvalue weighted by Crippen LogP contribution is -2.40. The highest BCUT2D eigenvalue weighted by Gasteiger charge is 2.62. The maximum Gasteiger partial charge on any atom is 0.235 e. The lowest BCUT2D eigenvalue weighted by molar-refractivity contribution is -0.144. The number of hydrogen-bond acceptors (Lipinski definition) is 5. The van der Waals surface area contributed by atoms with E-state index in [1.807, 2.05) is 0 Å². The minimum Gasteiger partial charge on any atom is -0.394 e. The Morgan fingerprint density at radius 3 is 2.24 bits per heavy atom. The van der Waals surface area contributed by atoms with Crippen LogP contribution in [0.5, 0.6) is 0 Å². The van der Waals surface area contributed by atoms with Gasteiger partial charge >= 0.3 is 0 Å². The molecule has 0 aromatic rings. The van der Waals surface area contributed by atoms with E-state index in [1.165, 1.54) is 0 Å². The van der Waals surface area contributed by atoms with Gasteiger partial charge in [0.05, 0.1) is 43.3 Å². The van der Waals surface area contributed by atoms with E-state index in [2.05, 4.69) is 0 Å². The second-order valence-corrected chi connectivity index (χ2v) is 4.97. The maximum atomic E-state index is 12.1. The highest BCUT2D eigenvalue weighted by Crippen LogP contribution is 2.48. The van der Waals surface area contributed by atoms with E-state index in [1.54, 1.807) is 0 Å². The van der Waals surface area contributed by atoms with Crippen LogP contribution in [0.4, 0.5) is 0 Å². The highest BCUT2D eigenvalue weighted by atomic mass is 16.5. The second-order valence-electron chi connectivity index (χ2n) is 4.97. The van der Waals surface area contributed by atoms with Crippen LogP contribution in [-0.4, -0.2) is 58.4 Å². The molecule has 0 aromatic carbocycles. The molecule has 2 N–H and O–H groups in total. The molecule has 6 nitrogen and oxygen atoms in total. The minimum atomic E-state index is -1.06. The summed E-state index contributed by atoms with van der Waals surface area (Å²) < 4.78 is 5.58. The van der Waals surface area contributed by atoms with Crippen molar-refractivity contribution >= 4 is 11.8 Å². The summed E-state index contributed by atoms with van der Waals surface area (Å²) in [6, 6.07) is 0. The van der Waals surface area contributed by atoms with Crippen molar-refractivity contribution in [1.82, 2.24) is 4.90 Å². The third-order valence-corrected chi connectivity index (χ3v) is 3.98. The van der Waals surface area contributed by atoms with Gasteiger partial charge in [-0.3, -0.25) is 14.5 Å². The van der Waals surface area contributed by atoms with Crippen LogP contribution in [0, 0.1) is 11.8 Å². The SMILES string of the molecule is O=C1[C@@H]2[C@H](C(=O)N1CC(O)CO)[C@@H]1CC[C@H]2O1. The Hall–Kier alpha value is -0.980. The molecule has 0 radical (unpaired) electrons. The van der Waals surface area contributed by atoms with Gasteiger partial charge < -0.3 is 14.9 Å². The Balaban J connectivity index is 1.81. The fourth-order valence-electron chi connectivity index (χ4n) is 3.22. The van der Waals surface area contributed by atoms with E-state index in [0.717, 1.165) is 17.7 Å². The Morgan fingerprint density at radius 1 is 1.24 bits per heavy atom. The topological polar surface area (TPSA) is 87.1 Å². The molecule has 3 aliphatic rings. The Labute approximate surface area is 98.2 Å². The summed E-state index contributed by atoms with van der Waals surface area (Å²) in [4.78, 5) is 25.2. The van der Waals surface area contributed by atoms with Crippen molar-refractivity contribution in [2.75, 3.05) is 13.2 Å². The van der Waals surface area contributed by atoms with E-state index in [-0.39, 0.29) is 42.4 Å². The largest absolute Gasteiger partial charge is 0.394 e. The number of amides is 2. The first-order valence-corrected chi connectivity index (χ1v) is 5.93. The molecule has 6 heteroatoms. The summed E-state index contributed by atoms with van der Waals surface area (Å²) in [5.74, 6) is -1.21. The number of aliphatic hydroxyl groups is 2. The molecular formula is C11H15NO5. The monoisotopic (exact) mass is 241 g/mol. The number of hydrogen-bond donors (Lipinski definition) is 2. The normalized spacial score (nSPS) is 41.2. The number of carbonyl (C=O) groups excluding carboxylic acids is 2. The first-order valence-electron chi connectivity index (χ1n) is 5.93. The van der Waals surface area contributed by atoms with Crippen molar-refractivity contribution in [2.24, 2.45) is 11.8 Å². The molecule has 1 unspecified atom stereocenters. The molecule has 94 valence electrons.